The molecule has 0 heterocycles. The van der Waals surface area contributed by atoms with Crippen LogP contribution in [-0.4, -0.2) is 11.7 Å². The molecule has 152 valence electrons. The summed E-state index contributed by atoms with van der Waals surface area (Å²) in [6.07, 6.45) is -0.321. The van der Waals surface area contributed by atoms with Gasteiger partial charge < -0.3 is 19.3 Å². The average molecular weight is 413 g/mol. The molecule has 4 nitrogen and oxygen atoms in total. The molecule has 0 fully saturated rings. The number of aliphatic hydroxyl groups is 1. The molecule has 5 heteroatoms. The Hall–Kier alpha value is -2.69. The molecular weight excluding hydrogens is 388 g/mol. The van der Waals surface area contributed by atoms with Crippen molar-refractivity contribution >= 4 is 11.6 Å². The van der Waals surface area contributed by atoms with Crippen molar-refractivity contribution in [1.29, 1.82) is 0 Å². The van der Waals surface area contributed by atoms with Crippen LogP contribution in [0.25, 0.3) is 0 Å². The summed E-state index contributed by atoms with van der Waals surface area (Å²) in [7, 11) is 0. The van der Waals surface area contributed by atoms with E-state index in [0.717, 1.165) is 22.4 Å². The highest BCUT2D eigenvalue weighted by Crippen LogP contribution is 2.36. The number of hydrogen-bond acceptors (Lipinski definition) is 4. The zero-order valence-electron chi connectivity index (χ0n) is 16.6. The van der Waals surface area contributed by atoms with Crippen LogP contribution in [0.1, 0.15) is 36.6 Å². The van der Waals surface area contributed by atoms with Gasteiger partial charge in [0.25, 0.3) is 0 Å². The van der Waals surface area contributed by atoms with Crippen LogP contribution in [0.2, 0.25) is 5.02 Å². The molecule has 0 spiro atoms. The highest BCUT2D eigenvalue weighted by Gasteiger charge is 2.17. The van der Waals surface area contributed by atoms with Gasteiger partial charge in [-0.1, -0.05) is 48.0 Å². The first-order valence-electron chi connectivity index (χ1n) is 9.60. The van der Waals surface area contributed by atoms with Crippen LogP contribution < -0.4 is 14.2 Å². The zero-order chi connectivity index (χ0) is 20.6. The molecule has 0 saturated heterocycles. The third-order valence-electron chi connectivity index (χ3n) is 4.44. The van der Waals surface area contributed by atoms with Crippen molar-refractivity contribution in [1.82, 2.24) is 0 Å². The number of rotatable bonds is 9. The van der Waals surface area contributed by atoms with Crippen LogP contribution in [-0.2, 0) is 13.2 Å². The Morgan fingerprint density at radius 1 is 0.862 bits per heavy atom. The van der Waals surface area contributed by atoms with Crippen molar-refractivity contribution < 1.29 is 19.3 Å². The van der Waals surface area contributed by atoms with Gasteiger partial charge in [0.2, 0.25) is 0 Å². The summed E-state index contributed by atoms with van der Waals surface area (Å²) in [6, 6.07) is 20.9. The van der Waals surface area contributed by atoms with Crippen molar-refractivity contribution in [2.45, 2.75) is 33.2 Å². The zero-order valence-corrected chi connectivity index (χ0v) is 17.4. The molecule has 3 aromatic rings. The van der Waals surface area contributed by atoms with E-state index in [1.54, 1.807) is 12.1 Å². The summed E-state index contributed by atoms with van der Waals surface area (Å²) in [5.41, 5.74) is 2.70. The lowest BCUT2D eigenvalue weighted by molar-refractivity contribution is 0.201. The van der Waals surface area contributed by atoms with Gasteiger partial charge in [0, 0.05) is 10.6 Å². The lowest BCUT2D eigenvalue weighted by atomic mass is 10.1. The van der Waals surface area contributed by atoms with Crippen LogP contribution in [0.15, 0.2) is 66.7 Å². The maximum Gasteiger partial charge on any atom is 0.162 e. The smallest absolute Gasteiger partial charge is 0.162 e. The average Bonchev–Trinajstić information content (AvgIpc) is 2.75. The molecule has 29 heavy (non-hydrogen) atoms. The molecule has 3 rings (SSSR count). The monoisotopic (exact) mass is 412 g/mol. The number of halogens is 1. The molecule has 1 atom stereocenters. The van der Waals surface area contributed by atoms with Crippen molar-refractivity contribution in [3.63, 3.8) is 0 Å². The van der Waals surface area contributed by atoms with Crippen molar-refractivity contribution in [2.24, 2.45) is 0 Å². The Morgan fingerprint density at radius 2 is 1.62 bits per heavy atom. The predicted molar refractivity (Wildman–Crippen MR) is 115 cm³/mol. The van der Waals surface area contributed by atoms with Crippen LogP contribution in [0.3, 0.4) is 0 Å². The maximum atomic E-state index is 9.37. The minimum Gasteiger partial charge on any atom is -0.490 e. The molecule has 0 aromatic heterocycles. The van der Waals surface area contributed by atoms with Gasteiger partial charge in [0.1, 0.15) is 18.5 Å². The maximum absolute atomic E-state index is 9.37. The fraction of sp³-hybridized carbons (Fsp3) is 0.250. The molecule has 0 aliphatic rings. The van der Waals surface area contributed by atoms with Gasteiger partial charge in [-0.2, -0.15) is 0 Å². The van der Waals surface area contributed by atoms with Crippen molar-refractivity contribution in [3.05, 3.63) is 88.4 Å². The lowest BCUT2D eigenvalue weighted by Crippen LogP contribution is -2.08. The van der Waals surface area contributed by atoms with Gasteiger partial charge in [-0.25, -0.2) is 0 Å². The second-order valence-corrected chi connectivity index (χ2v) is 7.03. The van der Waals surface area contributed by atoms with Crippen molar-refractivity contribution in [3.8, 4) is 17.2 Å². The Balaban J connectivity index is 1.81. The summed E-state index contributed by atoms with van der Waals surface area (Å²) in [5.74, 6) is 1.92. The van der Waals surface area contributed by atoms with Crippen LogP contribution >= 0.6 is 11.6 Å². The number of benzene rings is 3. The van der Waals surface area contributed by atoms with E-state index in [2.05, 4.69) is 0 Å². The number of aliphatic hydroxyl groups excluding tert-OH is 1. The molecule has 0 amide bonds. The van der Waals surface area contributed by atoms with Crippen molar-refractivity contribution in [2.75, 3.05) is 6.61 Å². The molecular formula is C24H25ClO4. The SMILES string of the molecule is CCOc1cc(CO)ccc1OC(C)c1cc(Cl)ccc1OCc1ccccc1. The molecule has 0 aliphatic heterocycles. The minimum atomic E-state index is -0.321. The largest absolute Gasteiger partial charge is 0.490 e. The van der Waals surface area contributed by atoms with Gasteiger partial charge in [-0.05, 0) is 55.3 Å². The summed E-state index contributed by atoms with van der Waals surface area (Å²) in [5, 5.41) is 9.99. The first-order chi connectivity index (χ1) is 14.1. The van der Waals surface area contributed by atoms with E-state index in [1.165, 1.54) is 0 Å². The Labute approximate surface area is 176 Å². The predicted octanol–water partition coefficient (Wildman–Crippen LogP) is 5.95. The van der Waals surface area contributed by atoms with Gasteiger partial charge >= 0.3 is 0 Å². The van der Waals surface area contributed by atoms with Crippen LogP contribution in [0.5, 0.6) is 17.2 Å². The fourth-order valence-corrected chi connectivity index (χ4v) is 3.15. The third kappa shape index (κ3) is 5.66. The third-order valence-corrected chi connectivity index (χ3v) is 4.68. The normalized spacial score (nSPS) is 11.7. The van der Waals surface area contributed by atoms with Gasteiger partial charge in [0.05, 0.1) is 13.2 Å². The Kier molecular flexibility index (Phi) is 7.39. The summed E-state index contributed by atoms with van der Waals surface area (Å²) in [6.45, 7) is 4.75. The second kappa shape index (κ2) is 10.2. The summed E-state index contributed by atoms with van der Waals surface area (Å²) in [4.78, 5) is 0. The van der Waals surface area contributed by atoms with Crippen LogP contribution in [0, 0.1) is 0 Å². The Morgan fingerprint density at radius 3 is 2.34 bits per heavy atom. The lowest BCUT2D eigenvalue weighted by Gasteiger charge is -2.21. The van der Waals surface area contributed by atoms with Gasteiger partial charge in [-0.15, -0.1) is 0 Å². The number of ether oxygens (including phenoxy) is 3. The second-order valence-electron chi connectivity index (χ2n) is 6.59. The molecule has 1 N–H and O–H groups in total. The van der Waals surface area contributed by atoms with Crippen LogP contribution in [0.4, 0.5) is 0 Å². The van der Waals surface area contributed by atoms with E-state index in [4.69, 9.17) is 25.8 Å². The molecule has 3 aromatic carbocycles. The molecule has 0 radical (unpaired) electrons. The highest BCUT2D eigenvalue weighted by molar-refractivity contribution is 6.30. The quantitative estimate of drug-likeness (QED) is 0.471. The number of hydrogen-bond donors (Lipinski definition) is 1. The standard InChI is InChI=1S/C24H25ClO4/c1-3-27-24-13-19(15-26)9-11-23(24)29-17(2)21-14-20(25)10-12-22(21)28-16-18-7-5-4-6-8-18/h4-14,17,26H,3,15-16H2,1-2H3. The molecule has 1 unspecified atom stereocenters. The first-order valence-corrected chi connectivity index (χ1v) is 9.98. The first kappa shape index (κ1) is 21.0. The van der Waals surface area contributed by atoms with E-state index in [9.17, 15) is 5.11 Å². The van der Waals surface area contributed by atoms with Gasteiger partial charge in [-0.3, -0.25) is 0 Å². The van der Waals surface area contributed by atoms with E-state index >= 15 is 0 Å². The minimum absolute atomic E-state index is 0.0539. The van der Waals surface area contributed by atoms with E-state index in [1.807, 2.05) is 68.4 Å². The van der Waals surface area contributed by atoms with E-state index in [-0.39, 0.29) is 12.7 Å². The molecule has 0 saturated carbocycles. The molecule has 0 aliphatic carbocycles. The summed E-state index contributed by atoms with van der Waals surface area (Å²) >= 11 is 6.24. The summed E-state index contributed by atoms with van der Waals surface area (Å²) < 4.78 is 17.9. The molecule has 0 bridgehead atoms. The van der Waals surface area contributed by atoms with Gasteiger partial charge in [0.15, 0.2) is 11.5 Å². The van der Waals surface area contributed by atoms with E-state index in [0.29, 0.717) is 29.7 Å². The highest BCUT2D eigenvalue weighted by atomic mass is 35.5. The van der Waals surface area contributed by atoms with E-state index < -0.39 is 0 Å². The Bertz CT molecular complexity index is 927. The topological polar surface area (TPSA) is 47.9 Å². The fourth-order valence-electron chi connectivity index (χ4n) is 2.97.